The Bertz CT molecular complexity index is 505. The van der Waals surface area contributed by atoms with Gasteiger partial charge in [-0.15, -0.1) is 12.4 Å². The van der Waals surface area contributed by atoms with Gasteiger partial charge in [-0.05, 0) is 24.3 Å². The van der Waals surface area contributed by atoms with E-state index in [1.54, 1.807) is 18.9 Å². The van der Waals surface area contributed by atoms with Crippen LogP contribution in [0.15, 0.2) is 58.3 Å². The summed E-state index contributed by atoms with van der Waals surface area (Å²) in [6, 6.07) is 15.7. The van der Waals surface area contributed by atoms with Gasteiger partial charge in [0.05, 0.1) is 12.0 Å². The van der Waals surface area contributed by atoms with Crippen molar-refractivity contribution in [1.29, 1.82) is 0 Å². The minimum atomic E-state index is 0. The second kappa shape index (κ2) is 10.5. The first-order valence-electron chi connectivity index (χ1n) is 6.38. The van der Waals surface area contributed by atoms with Gasteiger partial charge in [0.2, 0.25) is 0 Å². The summed E-state index contributed by atoms with van der Waals surface area (Å²) >= 11 is 1.62. The maximum Gasteiger partial charge on any atom is 0.132 e. The van der Waals surface area contributed by atoms with Gasteiger partial charge in [0, 0.05) is 10.6 Å². The number of hydrogen-bond acceptors (Lipinski definition) is 3. The van der Waals surface area contributed by atoms with E-state index >= 15 is 0 Å². The minimum absolute atomic E-state index is 0. The van der Waals surface area contributed by atoms with Crippen molar-refractivity contribution in [1.82, 2.24) is 0 Å². The number of para-hydroxylation sites is 2. The van der Waals surface area contributed by atoms with Crippen LogP contribution in [0.4, 0.5) is 5.69 Å². The van der Waals surface area contributed by atoms with Gasteiger partial charge >= 0.3 is 0 Å². The highest BCUT2D eigenvalue weighted by Gasteiger charge is 2.05. The Balaban J connectivity index is 0.000000830. The molecule has 4 heteroatoms. The molecule has 2 aromatic carbocycles. The van der Waals surface area contributed by atoms with Gasteiger partial charge in [0.15, 0.2) is 0 Å². The van der Waals surface area contributed by atoms with Gasteiger partial charge in [-0.25, -0.2) is 0 Å². The Morgan fingerprint density at radius 2 is 1.45 bits per heavy atom. The Morgan fingerprint density at radius 1 is 0.950 bits per heavy atom. The van der Waals surface area contributed by atoms with Crippen molar-refractivity contribution in [3.8, 4) is 5.75 Å². The summed E-state index contributed by atoms with van der Waals surface area (Å²) in [5, 5.41) is 0. The highest BCUT2D eigenvalue weighted by molar-refractivity contribution is 7.99. The van der Waals surface area contributed by atoms with E-state index in [0.717, 1.165) is 21.2 Å². The molecule has 0 aliphatic rings. The molecule has 0 amide bonds. The maximum atomic E-state index is 5.90. The molecule has 0 spiro atoms. The minimum Gasteiger partial charge on any atom is -0.496 e. The van der Waals surface area contributed by atoms with E-state index in [9.17, 15) is 0 Å². The average molecular weight is 312 g/mol. The third-order valence-electron chi connectivity index (χ3n) is 2.21. The van der Waals surface area contributed by atoms with Crippen LogP contribution < -0.4 is 10.5 Å². The van der Waals surface area contributed by atoms with Gasteiger partial charge in [-0.3, -0.25) is 0 Å². The van der Waals surface area contributed by atoms with Crippen molar-refractivity contribution < 1.29 is 4.74 Å². The summed E-state index contributed by atoms with van der Waals surface area (Å²) in [4.78, 5) is 2.12. The highest BCUT2D eigenvalue weighted by atomic mass is 35.5. The molecule has 0 bridgehead atoms. The van der Waals surface area contributed by atoms with Crippen molar-refractivity contribution >= 4 is 29.9 Å². The average Bonchev–Trinajstić information content (AvgIpc) is 2.43. The highest BCUT2D eigenvalue weighted by Crippen LogP contribution is 2.36. The van der Waals surface area contributed by atoms with E-state index in [1.165, 1.54) is 6.42 Å². The Labute approximate surface area is 132 Å². The standard InChI is InChI=1S/C13H13NOS.C3H8.ClH/c1-15-11-7-3-5-9-13(11)16-12-8-4-2-6-10(12)14;1-3-2;/h2-9H,14H2,1H3;3H2,1-2H3;1H. The quantitative estimate of drug-likeness (QED) is 0.785. The zero-order valence-corrected chi connectivity index (χ0v) is 13.8. The third kappa shape index (κ3) is 5.76. The van der Waals surface area contributed by atoms with Crippen molar-refractivity contribution in [2.75, 3.05) is 12.8 Å². The van der Waals surface area contributed by atoms with E-state index < -0.39 is 0 Å². The molecule has 0 fully saturated rings. The monoisotopic (exact) mass is 311 g/mol. The van der Waals surface area contributed by atoms with Crippen molar-refractivity contribution in [2.45, 2.75) is 30.1 Å². The third-order valence-corrected chi connectivity index (χ3v) is 3.36. The first kappa shape index (κ1) is 18.7. The summed E-state index contributed by atoms with van der Waals surface area (Å²) in [7, 11) is 1.67. The Hall–Kier alpha value is -1.32. The summed E-state index contributed by atoms with van der Waals surface area (Å²) in [5.41, 5.74) is 6.69. The van der Waals surface area contributed by atoms with Crippen molar-refractivity contribution in [2.24, 2.45) is 0 Å². The second-order valence-electron chi connectivity index (χ2n) is 4.00. The van der Waals surface area contributed by atoms with E-state index in [1.807, 2.05) is 48.5 Å². The number of methoxy groups -OCH3 is 1. The number of ether oxygens (including phenoxy) is 1. The number of nitrogens with two attached hydrogens (primary N) is 1. The molecular formula is C16H22ClNOS. The number of halogens is 1. The molecule has 20 heavy (non-hydrogen) atoms. The molecule has 2 rings (SSSR count). The van der Waals surface area contributed by atoms with Crippen molar-refractivity contribution in [3.63, 3.8) is 0 Å². The normalized spacial score (nSPS) is 8.95. The number of rotatable bonds is 3. The first-order chi connectivity index (χ1) is 9.22. The first-order valence-corrected chi connectivity index (χ1v) is 7.19. The zero-order chi connectivity index (χ0) is 14.1. The molecule has 0 aromatic heterocycles. The lowest BCUT2D eigenvalue weighted by atomic mass is 10.3. The molecule has 2 N–H and O–H groups in total. The summed E-state index contributed by atoms with van der Waals surface area (Å²) < 4.78 is 5.30. The lowest BCUT2D eigenvalue weighted by molar-refractivity contribution is 0.405. The summed E-state index contributed by atoms with van der Waals surface area (Å²) in [6.45, 7) is 4.25. The van der Waals surface area contributed by atoms with Crippen molar-refractivity contribution in [3.05, 3.63) is 48.5 Å². The van der Waals surface area contributed by atoms with Crippen LogP contribution in [0.25, 0.3) is 0 Å². The van der Waals surface area contributed by atoms with Gasteiger partial charge in [-0.2, -0.15) is 0 Å². The van der Waals surface area contributed by atoms with Crippen LogP contribution in [0.1, 0.15) is 20.3 Å². The molecule has 0 aliphatic carbocycles. The van der Waals surface area contributed by atoms with Crippen LogP contribution in [0.5, 0.6) is 5.75 Å². The topological polar surface area (TPSA) is 35.2 Å². The predicted molar refractivity (Wildman–Crippen MR) is 91.2 cm³/mol. The molecule has 0 atom stereocenters. The number of hydrogen-bond donors (Lipinski definition) is 1. The van der Waals surface area contributed by atoms with Crippen LogP contribution in [0, 0.1) is 0 Å². The van der Waals surface area contributed by atoms with E-state index in [0.29, 0.717) is 0 Å². The predicted octanol–water partition coefficient (Wildman–Crippen LogP) is 5.27. The molecule has 0 saturated heterocycles. The summed E-state index contributed by atoms with van der Waals surface area (Å²) in [5.74, 6) is 0.871. The van der Waals surface area contributed by atoms with Crippen LogP contribution in [0.2, 0.25) is 0 Å². The SMILES string of the molecule is CCC.COc1ccccc1Sc1ccccc1N.Cl. The van der Waals surface area contributed by atoms with Gasteiger partial charge in [0.25, 0.3) is 0 Å². The zero-order valence-electron chi connectivity index (χ0n) is 12.1. The number of anilines is 1. The van der Waals surface area contributed by atoms with Crippen LogP contribution in [-0.2, 0) is 0 Å². The van der Waals surface area contributed by atoms with Gasteiger partial charge in [-0.1, -0.05) is 56.3 Å². The molecule has 0 saturated carbocycles. The molecular weight excluding hydrogens is 290 g/mol. The van der Waals surface area contributed by atoms with E-state index in [-0.39, 0.29) is 12.4 Å². The molecule has 0 unspecified atom stereocenters. The maximum absolute atomic E-state index is 5.90. The molecule has 2 nitrogen and oxygen atoms in total. The lowest BCUT2D eigenvalue weighted by Gasteiger charge is -2.08. The van der Waals surface area contributed by atoms with Gasteiger partial charge in [0.1, 0.15) is 5.75 Å². The molecule has 110 valence electrons. The number of benzene rings is 2. The fourth-order valence-electron chi connectivity index (χ4n) is 1.40. The lowest BCUT2D eigenvalue weighted by Crippen LogP contribution is -1.89. The fraction of sp³-hybridized carbons (Fsp3) is 0.250. The van der Waals surface area contributed by atoms with E-state index in [4.69, 9.17) is 10.5 Å². The Kier molecular flexibility index (Phi) is 9.77. The smallest absolute Gasteiger partial charge is 0.132 e. The summed E-state index contributed by atoms with van der Waals surface area (Å²) in [6.07, 6.45) is 1.25. The molecule has 0 aliphatic heterocycles. The van der Waals surface area contributed by atoms with Crippen LogP contribution in [0.3, 0.4) is 0 Å². The Morgan fingerprint density at radius 3 is 2.00 bits per heavy atom. The van der Waals surface area contributed by atoms with E-state index in [2.05, 4.69) is 13.8 Å². The molecule has 2 aromatic rings. The largest absolute Gasteiger partial charge is 0.496 e. The number of nitrogen functional groups attached to an aromatic ring is 1. The fourth-order valence-corrected chi connectivity index (χ4v) is 2.36. The molecule has 0 radical (unpaired) electrons. The van der Waals surface area contributed by atoms with Crippen LogP contribution in [-0.4, -0.2) is 7.11 Å². The second-order valence-corrected chi connectivity index (χ2v) is 5.08. The van der Waals surface area contributed by atoms with Gasteiger partial charge < -0.3 is 10.5 Å². The molecule has 0 heterocycles. The van der Waals surface area contributed by atoms with Crippen LogP contribution >= 0.6 is 24.2 Å².